The molecule has 0 radical (unpaired) electrons. The van der Waals surface area contributed by atoms with Gasteiger partial charge in [0.05, 0.1) is 33.9 Å². The van der Waals surface area contributed by atoms with Gasteiger partial charge in [-0.25, -0.2) is 9.79 Å². The molecule has 1 aromatic heterocycles. The molecule has 1 aliphatic heterocycles. The Morgan fingerprint density at radius 3 is 2.55 bits per heavy atom. The molecule has 0 spiro atoms. The molecule has 0 bridgehead atoms. The molecule has 168 valence electrons. The second kappa shape index (κ2) is 8.93. The highest BCUT2D eigenvalue weighted by molar-refractivity contribution is 7.07. The molecular weight excluding hydrogens is 489 g/mol. The Hall–Kier alpha value is -3.27. The average Bonchev–Trinajstić information content (AvgIpc) is 3.08. The van der Waals surface area contributed by atoms with Crippen LogP contribution in [-0.4, -0.2) is 22.6 Å². The van der Waals surface area contributed by atoms with Gasteiger partial charge in [-0.2, -0.15) is 0 Å². The summed E-state index contributed by atoms with van der Waals surface area (Å²) < 4.78 is 6.72. The van der Waals surface area contributed by atoms with Crippen molar-refractivity contribution in [3.8, 4) is 0 Å². The first-order chi connectivity index (χ1) is 15.7. The predicted octanol–water partition coefficient (Wildman–Crippen LogP) is 3.62. The van der Waals surface area contributed by atoms with Crippen molar-refractivity contribution in [1.82, 2.24) is 4.57 Å². The second-order valence-electron chi connectivity index (χ2n) is 7.09. The Labute approximate surface area is 200 Å². The van der Waals surface area contributed by atoms with E-state index in [0.29, 0.717) is 25.6 Å². The van der Waals surface area contributed by atoms with Crippen LogP contribution in [0.3, 0.4) is 0 Å². The molecule has 2 aromatic carbocycles. The van der Waals surface area contributed by atoms with E-state index in [1.807, 2.05) is 0 Å². The summed E-state index contributed by atoms with van der Waals surface area (Å²) in [6, 6.07) is 10.1. The molecule has 1 atom stereocenters. The number of fused-ring (bicyclic) bond motifs is 1. The van der Waals surface area contributed by atoms with Crippen LogP contribution in [0.5, 0.6) is 0 Å². The summed E-state index contributed by atoms with van der Waals surface area (Å²) in [5.74, 6) is -0.664. The van der Waals surface area contributed by atoms with Crippen molar-refractivity contribution in [2.45, 2.75) is 13.0 Å². The van der Waals surface area contributed by atoms with Gasteiger partial charge in [-0.05, 0) is 48.4 Å². The van der Waals surface area contributed by atoms with Gasteiger partial charge in [0, 0.05) is 11.1 Å². The zero-order valence-corrected chi connectivity index (χ0v) is 19.6. The summed E-state index contributed by atoms with van der Waals surface area (Å²) in [4.78, 5) is 41.5. The van der Waals surface area contributed by atoms with Crippen molar-refractivity contribution < 1.29 is 14.5 Å². The molecule has 3 aromatic rings. The number of nitrogens with zero attached hydrogens (tertiary/aromatic N) is 3. The standard InChI is InChI=1S/C22H15Cl2N3O5S/c1-11-18(21(29)32-2)19(13-5-8-16(27(30)31)15(24)10-13)26-20(28)17(33-22(26)25-11)9-12-3-6-14(23)7-4-12/h3-10,19H,1-2H3/b17-9-/t19-/m0/s1. The molecule has 0 saturated heterocycles. The lowest BCUT2D eigenvalue weighted by molar-refractivity contribution is -0.384. The summed E-state index contributed by atoms with van der Waals surface area (Å²) >= 11 is 13.2. The lowest BCUT2D eigenvalue weighted by Gasteiger charge is -2.24. The van der Waals surface area contributed by atoms with E-state index in [1.165, 1.54) is 29.9 Å². The Morgan fingerprint density at radius 2 is 1.94 bits per heavy atom. The number of ether oxygens (including phenoxy) is 1. The van der Waals surface area contributed by atoms with E-state index in [9.17, 15) is 19.7 Å². The first kappa shape index (κ1) is 22.9. The minimum absolute atomic E-state index is 0.111. The van der Waals surface area contributed by atoms with Gasteiger partial charge >= 0.3 is 5.97 Å². The normalized spacial score (nSPS) is 15.8. The van der Waals surface area contributed by atoms with Gasteiger partial charge in [-0.15, -0.1) is 0 Å². The number of hydrogen-bond donors (Lipinski definition) is 0. The van der Waals surface area contributed by atoms with E-state index in [1.54, 1.807) is 37.3 Å². The summed E-state index contributed by atoms with van der Waals surface area (Å²) in [5, 5.41) is 11.6. The molecule has 0 N–H and O–H groups in total. The molecule has 0 fully saturated rings. The molecule has 0 unspecified atom stereocenters. The fraction of sp³-hybridized carbons (Fsp3) is 0.136. The van der Waals surface area contributed by atoms with Crippen LogP contribution in [0.4, 0.5) is 5.69 Å². The molecule has 8 nitrogen and oxygen atoms in total. The van der Waals surface area contributed by atoms with Gasteiger partial charge in [0.25, 0.3) is 11.2 Å². The fourth-order valence-electron chi connectivity index (χ4n) is 3.56. The maximum absolute atomic E-state index is 13.4. The molecule has 33 heavy (non-hydrogen) atoms. The maximum atomic E-state index is 13.4. The average molecular weight is 504 g/mol. The van der Waals surface area contributed by atoms with Crippen molar-refractivity contribution in [3.63, 3.8) is 0 Å². The van der Waals surface area contributed by atoms with Crippen molar-refractivity contribution in [1.29, 1.82) is 0 Å². The van der Waals surface area contributed by atoms with Crippen LogP contribution in [0.25, 0.3) is 6.08 Å². The minimum atomic E-state index is -0.917. The summed E-state index contributed by atoms with van der Waals surface area (Å²) in [5.41, 5.74) is 1.05. The van der Waals surface area contributed by atoms with Crippen LogP contribution in [0.2, 0.25) is 10.0 Å². The third-order valence-electron chi connectivity index (χ3n) is 5.08. The van der Waals surface area contributed by atoms with Crippen molar-refractivity contribution in [2.75, 3.05) is 7.11 Å². The van der Waals surface area contributed by atoms with Crippen molar-refractivity contribution in [2.24, 2.45) is 4.99 Å². The molecule has 0 saturated carbocycles. The topological polar surface area (TPSA) is 104 Å². The number of carbonyl (C=O) groups excluding carboxylic acids is 1. The number of rotatable bonds is 4. The van der Waals surface area contributed by atoms with Gasteiger partial charge in [-0.3, -0.25) is 19.5 Å². The Kier molecular flexibility index (Phi) is 6.20. The molecule has 4 rings (SSSR count). The van der Waals surface area contributed by atoms with E-state index in [-0.39, 0.29) is 21.8 Å². The van der Waals surface area contributed by atoms with Crippen molar-refractivity contribution in [3.05, 3.63) is 105 Å². The Morgan fingerprint density at radius 1 is 1.24 bits per heavy atom. The predicted molar refractivity (Wildman–Crippen MR) is 125 cm³/mol. The molecule has 1 aliphatic rings. The smallest absolute Gasteiger partial charge is 0.338 e. The lowest BCUT2D eigenvalue weighted by Crippen LogP contribution is -2.39. The second-order valence-corrected chi connectivity index (χ2v) is 8.95. The molecule has 0 aliphatic carbocycles. The van der Waals surface area contributed by atoms with Gasteiger partial charge in [0.1, 0.15) is 5.02 Å². The van der Waals surface area contributed by atoms with E-state index in [2.05, 4.69) is 4.99 Å². The highest BCUT2D eigenvalue weighted by Crippen LogP contribution is 2.34. The minimum Gasteiger partial charge on any atom is -0.466 e. The number of esters is 1. The van der Waals surface area contributed by atoms with Crippen molar-refractivity contribution >= 4 is 52.3 Å². The first-order valence-electron chi connectivity index (χ1n) is 9.51. The van der Waals surface area contributed by atoms with Crippen LogP contribution >= 0.6 is 34.5 Å². The molecule has 11 heteroatoms. The van der Waals surface area contributed by atoms with Gasteiger partial charge < -0.3 is 4.74 Å². The number of halogens is 2. The summed E-state index contributed by atoms with van der Waals surface area (Å²) in [6.45, 7) is 1.64. The monoisotopic (exact) mass is 503 g/mol. The number of thiazole rings is 1. The largest absolute Gasteiger partial charge is 0.466 e. The van der Waals surface area contributed by atoms with Crippen LogP contribution in [0.15, 0.2) is 63.5 Å². The number of allylic oxidation sites excluding steroid dienone is 1. The van der Waals surface area contributed by atoms with Crippen LogP contribution in [0.1, 0.15) is 24.1 Å². The number of nitro groups is 1. The summed E-state index contributed by atoms with van der Waals surface area (Å²) in [6.07, 6.45) is 1.71. The number of carbonyl (C=O) groups is 1. The SMILES string of the molecule is COC(=O)C1=C(C)N=c2s/c(=C\c3ccc(Cl)cc3)c(=O)n2[C@H]1c1ccc([N+](=O)[O-])c(Cl)c1. The molecule has 2 heterocycles. The third-order valence-corrected chi connectivity index (χ3v) is 6.62. The lowest BCUT2D eigenvalue weighted by atomic mass is 9.95. The molecule has 0 amide bonds. The zero-order valence-electron chi connectivity index (χ0n) is 17.2. The maximum Gasteiger partial charge on any atom is 0.338 e. The van der Waals surface area contributed by atoms with Crippen LogP contribution in [-0.2, 0) is 9.53 Å². The first-order valence-corrected chi connectivity index (χ1v) is 11.1. The van der Waals surface area contributed by atoms with Gasteiger partial charge in [0.15, 0.2) is 4.80 Å². The Bertz CT molecular complexity index is 1510. The van der Waals surface area contributed by atoms with E-state index in [4.69, 9.17) is 27.9 Å². The zero-order chi connectivity index (χ0) is 23.9. The van der Waals surface area contributed by atoms with Crippen LogP contribution < -0.4 is 14.9 Å². The number of benzene rings is 2. The fourth-order valence-corrected chi connectivity index (χ4v) is 4.99. The highest BCUT2D eigenvalue weighted by atomic mass is 35.5. The van der Waals surface area contributed by atoms with E-state index >= 15 is 0 Å². The highest BCUT2D eigenvalue weighted by Gasteiger charge is 2.33. The van der Waals surface area contributed by atoms with Crippen LogP contribution in [0, 0.1) is 10.1 Å². The Balaban J connectivity index is 1.97. The van der Waals surface area contributed by atoms with E-state index < -0.39 is 16.9 Å². The number of nitro benzene ring substituents is 1. The number of aromatic nitrogens is 1. The van der Waals surface area contributed by atoms with E-state index in [0.717, 1.165) is 16.9 Å². The summed E-state index contributed by atoms with van der Waals surface area (Å²) in [7, 11) is 1.23. The van der Waals surface area contributed by atoms with Gasteiger partial charge in [0.2, 0.25) is 0 Å². The quantitative estimate of drug-likeness (QED) is 0.307. The third kappa shape index (κ3) is 4.22. The number of methoxy groups -OCH3 is 1. The molecular formula is C22H15Cl2N3O5S. The number of hydrogen-bond acceptors (Lipinski definition) is 7. The van der Waals surface area contributed by atoms with Gasteiger partial charge in [-0.1, -0.05) is 46.7 Å².